The Morgan fingerprint density at radius 3 is 2.41 bits per heavy atom. The zero-order chi connectivity index (χ0) is 19.6. The predicted octanol–water partition coefficient (Wildman–Crippen LogP) is 1.29. The molecule has 1 aromatic carbocycles. The van der Waals surface area contributed by atoms with E-state index in [1.54, 1.807) is 9.80 Å². The molecule has 3 amide bonds. The Kier molecular flexibility index (Phi) is 8.10. The third-order valence-corrected chi connectivity index (χ3v) is 4.70. The number of para-hydroxylation sites is 1. The summed E-state index contributed by atoms with van der Waals surface area (Å²) >= 11 is 0. The molecule has 0 saturated carbocycles. The summed E-state index contributed by atoms with van der Waals surface area (Å²) in [5.41, 5.74) is 0. The molecule has 7 heteroatoms. The number of ether oxygens (including phenoxy) is 1. The van der Waals surface area contributed by atoms with E-state index in [1.807, 2.05) is 44.2 Å². The van der Waals surface area contributed by atoms with Crippen molar-refractivity contribution >= 4 is 17.7 Å². The van der Waals surface area contributed by atoms with Crippen molar-refractivity contribution in [2.75, 3.05) is 39.3 Å². The van der Waals surface area contributed by atoms with Gasteiger partial charge in [0.25, 0.3) is 5.91 Å². The topological polar surface area (TPSA) is 79.0 Å². The minimum atomic E-state index is -0.140. The van der Waals surface area contributed by atoms with Gasteiger partial charge in [0, 0.05) is 32.1 Å². The Labute approximate surface area is 160 Å². The van der Waals surface area contributed by atoms with Crippen LogP contribution in [0.4, 0.5) is 0 Å². The zero-order valence-electron chi connectivity index (χ0n) is 16.1. The molecule has 1 heterocycles. The molecule has 1 saturated heterocycles. The van der Waals surface area contributed by atoms with Gasteiger partial charge in [0.2, 0.25) is 11.8 Å². The van der Waals surface area contributed by atoms with E-state index in [-0.39, 0.29) is 36.8 Å². The van der Waals surface area contributed by atoms with Crippen molar-refractivity contribution in [1.82, 2.24) is 15.1 Å². The van der Waals surface area contributed by atoms with E-state index in [9.17, 15) is 14.4 Å². The minimum absolute atomic E-state index is 0.000893. The monoisotopic (exact) mass is 375 g/mol. The summed E-state index contributed by atoms with van der Waals surface area (Å²) in [6.45, 7) is 5.93. The molecule has 1 aliphatic rings. The maximum Gasteiger partial charge on any atom is 0.260 e. The Balaban J connectivity index is 1.78. The maximum absolute atomic E-state index is 12.7. The van der Waals surface area contributed by atoms with Gasteiger partial charge in [-0.05, 0) is 38.8 Å². The highest BCUT2D eigenvalue weighted by Gasteiger charge is 2.30. The van der Waals surface area contributed by atoms with E-state index in [0.717, 1.165) is 0 Å². The van der Waals surface area contributed by atoms with Crippen LogP contribution >= 0.6 is 0 Å². The molecule has 148 valence electrons. The summed E-state index contributed by atoms with van der Waals surface area (Å²) in [5.74, 6) is 0.313. The van der Waals surface area contributed by atoms with E-state index in [0.29, 0.717) is 44.8 Å². The van der Waals surface area contributed by atoms with Crippen LogP contribution in [-0.2, 0) is 14.4 Å². The molecule has 0 radical (unpaired) electrons. The number of hydrogen-bond donors (Lipinski definition) is 1. The van der Waals surface area contributed by atoms with Crippen molar-refractivity contribution in [3.8, 4) is 5.75 Å². The number of carbonyl (C=O) groups excluding carboxylic acids is 3. The molecule has 0 aliphatic carbocycles. The third kappa shape index (κ3) is 6.27. The van der Waals surface area contributed by atoms with Crippen molar-refractivity contribution in [3.63, 3.8) is 0 Å². The molecule has 1 aliphatic heterocycles. The van der Waals surface area contributed by atoms with Crippen molar-refractivity contribution < 1.29 is 19.1 Å². The number of likely N-dealkylation sites (N-methyl/N-ethyl adjacent to an activating group) is 2. The molecular weight excluding hydrogens is 346 g/mol. The van der Waals surface area contributed by atoms with Gasteiger partial charge in [-0.15, -0.1) is 0 Å². The van der Waals surface area contributed by atoms with Crippen molar-refractivity contribution in [2.24, 2.45) is 5.92 Å². The average molecular weight is 375 g/mol. The molecule has 27 heavy (non-hydrogen) atoms. The molecule has 0 atom stereocenters. The average Bonchev–Trinajstić information content (AvgIpc) is 2.71. The van der Waals surface area contributed by atoms with Gasteiger partial charge >= 0.3 is 0 Å². The van der Waals surface area contributed by atoms with Crippen LogP contribution in [0.3, 0.4) is 0 Å². The standard InChI is InChI=1S/C20H29N3O4/c1-3-21-18(24)14-22(4-2)20(26)16-10-12-23(13-11-16)19(25)15-27-17-8-6-5-7-9-17/h5-9,16H,3-4,10-15H2,1-2H3,(H,21,24). The normalized spacial score (nSPS) is 14.5. The van der Waals surface area contributed by atoms with E-state index < -0.39 is 0 Å². The predicted molar refractivity (Wildman–Crippen MR) is 102 cm³/mol. The third-order valence-electron chi connectivity index (χ3n) is 4.70. The van der Waals surface area contributed by atoms with Crippen LogP contribution in [0.25, 0.3) is 0 Å². The number of benzene rings is 1. The molecular formula is C20H29N3O4. The van der Waals surface area contributed by atoms with Crippen LogP contribution in [0, 0.1) is 5.92 Å². The first kappa shape index (κ1) is 20.7. The molecule has 0 aromatic heterocycles. The lowest BCUT2D eigenvalue weighted by Gasteiger charge is -2.33. The Morgan fingerprint density at radius 1 is 1.15 bits per heavy atom. The van der Waals surface area contributed by atoms with Gasteiger partial charge in [-0.25, -0.2) is 0 Å². The molecule has 1 N–H and O–H groups in total. The van der Waals surface area contributed by atoms with Crippen molar-refractivity contribution in [3.05, 3.63) is 30.3 Å². The maximum atomic E-state index is 12.7. The molecule has 0 unspecified atom stereocenters. The first-order valence-corrected chi connectivity index (χ1v) is 9.56. The van der Waals surface area contributed by atoms with Crippen molar-refractivity contribution in [2.45, 2.75) is 26.7 Å². The Hall–Kier alpha value is -2.57. The first-order chi connectivity index (χ1) is 13.0. The highest BCUT2D eigenvalue weighted by molar-refractivity contribution is 5.86. The molecule has 7 nitrogen and oxygen atoms in total. The molecule has 0 spiro atoms. The number of amides is 3. The number of piperidine rings is 1. The summed E-state index contributed by atoms with van der Waals surface area (Å²) in [6, 6.07) is 9.23. The fraction of sp³-hybridized carbons (Fsp3) is 0.550. The summed E-state index contributed by atoms with van der Waals surface area (Å²) in [7, 11) is 0. The van der Waals surface area contributed by atoms with Crippen LogP contribution in [0.15, 0.2) is 30.3 Å². The van der Waals surface area contributed by atoms with E-state index >= 15 is 0 Å². The molecule has 0 bridgehead atoms. The molecule has 1 aromatic rings. The van der Waals surface area contributed by atoms with Crippen LogP contribution in [-0.4, -0.2) is 66.9 Å². The van der Waals surface area contributed by atoms with E-state index in [1.165, 1.54) is 0 Å². The van der Waals surface area contributed by atoms with Crippen LogP contribution < -0.4 is 10.1 Å². The largest absolute Gasteiger partial charge is 0.484 e. The second-order valence-corrected chi connectivity index (χ2v) is 6.56. The second-order valence-electron chi connectivity index (χ2n) is 6.56. The summed E-state index contributed by atoms with van der Waals surface area (Å²) in [4.78, 5) is 40.1. The lowest BCUT2D eigenvalue weighted by molar-refractivity contribution is -0.143. The Morgan fingerprint density at radius 2 is 1.81 bits per heavy atom. The van der Waals surface area contributed by atoms with Gasteiger partial charge in [0.1, 0.15) is 5.75 Å². The van der Waals surface area contributed by atoms with E-state index in [2.05, 4.69) is 5.32 Å². The number of nitrogens with one attached hydrogen (secondary N) is 1. The van der Waals surface area contributed by atoms with Crippen LogP contribution in [0.2, 0.25) is 0 Å². The Bertz CT molecular complexity index is 627. The molecule has 1 fully saturated rings. The fourth-order valence-corrected chi connectivity index (χ4v) is 3.16. The van der Waals surface area contributed by atoms with Crippen molar-refractivity contribution in [1.29, 1.82) is 0 Å². The van der Waals surface area contributed by atoms with E-state index in [4.69, 9.17) is 4.74 Å². The van der Waals surface area contributed by atoms with Gasteiger partial charge in [-0.3, -0.25) is 14.4 Å². The van der Waals surface area contributed by atoms with Gasteiger partial charge in [-0.1, -0.05) is 18.2 Å². The number of hydrogen-bond acceptors (Lipinski definition) is 4. The summed E-state index contributed by atoms with van der Waals surface area (Å²) < 4.78 is 5.51. The SMILES string of the molecule is CCNC(=O)CN(CC)C(=O)C1CCN(C(=O)COc2ccccc2)CC1. The first-order valence-electron chi connectivity index (χ1n) is 9.56. The summed E-state index contributed by atoms with van der Waals surface area (Å²) in [5, 5.41) is 2.72. The number of rotatable bonds is 8. The number of likely N-dealkylation sites (tertiary alicyclic amines) is 1. The molecule has 2 rings (SSSR count). The van der Waals surface area contributed by atoms with Gasteiger partial charge in [0.05, 0.1) is 6.54 Å². The lowest BCUT2D eigenvalue weighted by Crippen LogP contribution is -2.47. The highest BCUT2D eigenvalue weighted by atomic mass is 16.5. The lowest BCUT2D eigenvalue weighted by atomic mass is 9.95. The quantitative estimate of drug-likeness (QED) is 0.743. The van der Waals surface area contributed by atoms with Gasteiger partial charge in [-0.2, -0.15) is 0 Å². The smallest absolute Gasteiger partial charge is 0.260 e. The summed E-state index contributed by atoms with van der Waals surface area (Å²) in [6.07, 6.45) is 1.23. The minimum Gasteiger partial charge on any atom is -0.484 e. The highest BCUT2D eigenvalue weighted by Crippen LogP contribution is 2.20. The van der Waals surface area contributed by atoms with Gasteiger partial charge in [0.15, 0.2) is 6.61 Å². The van der Waals surface area contributed by atoms with Crippen LogP contribution in [0.5, 0.6) is 5.75 Å². The number of nitrogens with zero attached hydrogens (tertiary/aromatic N) is 2. The second kappa shape index (κ2) is 10.5. The van der Waals surface area contributed by atoms with Crippen LogP contribution in [0.1, 0.15) is 26.7 Å². The number of carbonyl (C=O) groups is 3. The van der Waals surface area contributed by atoms with Gasteiger partial charge < -0.3 is 19.9 Å². The fourth-order valence-electron chi connectivity index (χ4n) is 3.16. The zero-order valence-corrected chi connectivity index (χ0v) is 16.1.